The maximum atomic E-state index is 12.7. The van der Waals surface area contributed by atoms with Crippen molar-refractivity contribution in [2.75, 3.05) is 32.9 Å². The van der Waals surface area contributed by atoms with Gasteiger partial charge in [-0.25, -0.2) is 17.7 Å². The predicted octanol–water partition coefficient (Wildman–Crippen LogP) is 1.30. The van der Waals surface area contributed by atoms with Crippen molar-refractivity contribution in [3.8, 4) is 0 Å². The molecule has 0 aromatic carbocycles. The Morgan fingerprint density at radius 1 is 1.43 bits per heavy atom. The van der Waals surface area contributed by atoms with Crippen molar-refractivity contribution < 1.29 is 17.6 Å². The molecule has 2 fully saturated rings. The first kappa shape index (κ1) is 16.4. The van der Waals surface area contributed by atoms with Crippen LogP contribution in [0.15, 0.2) is 10.8 Å². The zero-order chi connectivity index (χ0) is 16.6. The SMILES string of the molecule is CN(CC1CCCN(C(=O)c2ocnc2C2CC2)C1)S(C)(=O)=O. The fraction of sp³-hybridized carbons (Fsp3) is 0.733. The number of amides is 1. The molecule has 3 rings (SSSR count). The van der Waals surface area contributed by atoms with Crippen molar-refractivity contribution in [1.29, 1.82) is 0 Å². The average Bonchev–Trinajstić information content (AvgIpc) is 3.23. The van der Waals surface area contributed by atoms with Crippen LogP contribution in [0, 0.1) is 5.92 Å². The van der Waals surface area contributed by atoms with Gasteiger partial charge in [0.15, 0.2) is 6.39 Å². The molecule has 1 aromatic rings. The minimum Gasteiger partial charge on any atom is -0.438 e. The maximum absolute atomic E-state index is 12.7. The van der Waals surface area contributed by atoms with E-state index < -0.39 is 10.0 Å². The quantitative estimate of drug-likeness (QED) is 0.806. The average molecular weight is 341 g/mol. The van der Waals surface area contributed by atoms with Gasteiger partial charge in [0.2, 0.25) is 15.8 Å². The van der Waals surface area contributed by atoms with E-state index in [2.05, 4.69) is 4.98 Å². The number of hydrogen-bond acceptors (Lipinski definition) is 5. The van der Waals surface area contributed by atoms with Gasteiger partial charge in [0, 0.05) is 32.6 Å². The lowest BCUT2D eigenvalue weighted by Gasteiger charge is -2.33. The Morgan fingerprint density at radius 2 is 2.17 bits per heavy atom. The Morgan fingerprint density at radius 3 is 2.83 bits per heavy atom. The van der Waals surface area contributed by atoms with Gasteiger partial charge >= 0.3 is 0 Å². The van der Waals surface area contributed by atoms with Gasteiger partial charge < -0.3 is 9.32 Å². The molecule has 0 radical (unpaired) electrons. The second-order valence-corrected chi connectivity index (χ2v) is 8.73. The highest BCUT2D eigenvalue weighted by atomic mass is 32.2. The Labute approximate surface area is 136 Å². The molecule has 1 amide bonds. The monoisotopic (exact) mass is 341 g/mol. The van der Waals surface area contributed by atoms with Crippen LogP contribution < -0.4 is 0 Å². The van der Waals surface area contributed by atoms with Crippen molar-refractivity contribution in [3.05, 3.63) is 17.8 Å². The Kier molecular flexibility index (Phi) is 4.46. The Balaban J connectivity index is 1.66. The molecule has 0 N–H and O–H groups in total. The van der Waals surface area contributed by atoms with Gasteiger partial charge in [-0.15, -0.1) is 0 Å². The minimum absolute atomic E-state index is 0.115. The molecule has 2 aliphatic rings. The topological polar surface area (TPSA) is 83.7 Å². The molecule has 128 valence electrons. The van der Waals surface area contributed by atoms with Gasteiger partial charge in [-0.2, -0.15) is 0 Å². The lowest BCUT2D eigenvalue weighted by Crippen LogP contribution is -2.44. The van der Waals surface area contributed by atoms with Crippen molar-refractivity contribution in [1.82, 2.24) is 14.2 Å². The van der Waals surface area contributed by atoms with Crippen LogP contribution in [0.5, 0.6) is 0 Å². The van der Waals surface area contributed by atoms with Crippen LogP contribution in [0.2, 0.25) is 0 Å². The van der Waals surface area contributed by atoms with Crippen LogP contribution in [0.3, 0.4) is 0 Å². The van der Waals surface area contributed by atoms with Crippen molar-refractivity contribution >= 4 is 15.9 Å². The molecule has 7 nitrogen and oxygen atoms in total. The fourth-order valence-electron chi connectivity index (χ4n) is 3.10. The maximum Gasteiger partial charge on any atom is 0.291 e. The predicted molar refractivity (Wildman–Crippen MR) is 84.6 cm³/mol. The van der Waals surface area contributed by atoms with E-state index in [1.807, 2.05) is 0 Å². The molecule has 1 aliphatic carbocycles. The largest absolute Gasteiger partial charge is 0.438 e. The first-order valence-electron chi connectivity index (χ1n) is 8.00. The number of rotatable bonds is 5. The van der Waals surface area contributed by atoms with E-state index in [1.165, 1.54) is 17.0 Å². The summed E-state index contributed by atoms with van der Waals surface area (Å²) in [4.78, 5) is 18.7. The first-order chi connectivity index (χ1) is 10.9. The van der Waals surface area contributed by atoms with Crippen LogP contribution in [-0.2, 0) is 10.0 Å². The van der Waals surface area contributed by atoms with Crippen LogP contribution in [-0.4, -0.2) is 61.5 Å². The molecular formula is C15H23N3O4S. The van der Waals surface area contributed by atoms with Crippen LogP contribution in [0.25, 0.3) is 0 Å². The van der Waals surface area contributed by atoms with E-state index in [1.54, 1.807) is 11.9 Å². The number of carbonyl (C=O) groups excluding carboxylic acids is 1. The minimum atomic E-state index is -3.19. The highest BCUT2D eigenvalue weighted by molar-refractivity contribution is 7.88. The third kappa shape index (κ3) is 3.74. The molecule has 8 heteroatoms. The lowest BCUT2D eigenvalue weighted by atomic mass is 9.97. The van der Waals surface area contributed by atoms with E-state index in [-0.39, 0.29) is 11.8 Å². The van der Waals surface area contributed by atoms with Gasteiger partial charge in [-0.3, -0.25) is 4.79 Å². The number of hydrogen-bond donors (Lipinski definition) is 0. The number of nitrogens with zero attached hydrogens (tertiary/aromatic N) is 3. The first-order valence-corrected chi connectivity index (χ1v) is 9.85. The second-order valence-electron chi connectivity index (χ2n) is 6.64. The summed E-state index contributed by atoms with van der Waals surface area (Å²) < 4.78 is 29.8. The van der Waals surface area contributed by atoms with Gasteiger partial charge in [0.25, 0.3) is 5.91 Å². The highest BCUT2D eigenvalue weighted by Crippen LogP contribution is 2.41. The molecule has 1 aromatic heterocycles. The third-order valence-corrected chi connectivity index (χ3v) is 5.92. The Bertz CT molecular complexity index is 681. The third-order valence-electron chi connectivity index (χ3n) is 4.64. The van der Waals surface area contributed by atoms with Crippen LogP contribution in [0.4, 0.5) is 0 Å². The van der Waals surface area contributed by atoms with Gasteiger partial charge in [0.05, 0.1) is 11.9 Å². The van der Waals surface area contributed by atoms with Crippen LogP contribution in [0.1, 0.15) is 47.8 Å². The normalized spacial score (nSPS) is 22.6. The molecule has 1 saturated heterocycles. The molecule has 1 aliphatic heterocycles. The van der Waals surface area contributed by atoms with E-state index in [0.29, 0.717) is 31.3 Å². The van der Waals surface area contributed by atoms with Crippen molar-refractivity contribution in [3.63, 3.8) is 0 Å². The number of sulfonamides is 1. The van der Waals surface area contributed by atoms with E-state index in [9.17, 15) is 13.2 Å². The van der Waals surface area contributed by atoms with Crippen LogP contribution >= 0.6 is 0 Å². The summed E-state index contributed by atoms with van der Waals surface area (Å²) >= 11 is 0. The highest BCUT2D eigenvalue weighted by Gasteiger charge is 2.35. The lowest BCUT2D eigenvalue weighted by molar-refractivity contribution is 0.0631. The van der Waals surface area contributed by atoms with Gasteiger partial charge in [-0.05, 0) is 31.6 Å². The molecule has 0 spiro atoms. The number of piperidine rings is 1. The summed E-state index contributed by atoms with van der Waals surface area (Å²) in [5.41, 5.74) is 0.783. The summed E-state index contributed by atoms with van der Waals surface area (Å²) in [6.45, 7) is 1.68. The number of likely N-dealkylation sites (tertiary alicyclic amines) is 1. The number of aromatic nitrogens is 1. The standard InChI is InChI=1S/C15H23N3O4S/c1-17(23(2,20)21)8-11-4-3-7-18(9-11)15(19)14-13(12-5-6-12)16-10-22-14/h10-12H,3-9H2,1-2H3. The van der Waals surface area contributed by atoms with Gasteiger partial charge in [0.1, 0.15) is 0 Å². The molecule has 2 heterocycles. The molecule has 1 saturated carbocycles. The summed E-state index contributed by atoms with van der Waals surface area (Å²) in [5, 5.41) is 0. The Hall–Kier alpha value is -1.41. The van der Waals surface area contributed by atoms with Crippen molar-refractivity contribution in [2.45, 2.75) is 31.6 Å². The zero-order valence-corrected chi connectivity index (χ0v) is 14.4. The zero-order valence-electron chi connectivity index (χ0n) is 13.6. The summed E-state index contributed by atoms with van der Waals surface area (Å²) in [6, 6.07) is 0. The second kappa shape index (κ2) is 6.24. The number of carbonyl (C=O) groups is 1. The van der Waals surface area contributed by atoms with E-state index >= 15 is 0 Å². The summed E-state index contributed by atoms with van der Waals surface area (Å²) in [6.07, 6.45) is 6.48. The molecule has 0 bridgehead atoms. The smallest absolute Gasteiger partial charge is 0.291 e. The summed E-state index contributed by atoms with van der Waals surface area (Å²) in [5.74, 6) is 0.769. The molecular weight excluding hydrogens is 318 g/mol. The molecule has 23 heavy (non-hydrogen) atoms. The van der Waals surface area contributed by atoms with E-state index in [0.717, 1.165) is 31.4 Å². The van der Waals surface area contributed by atoms with Crippen molar-refractivity contribution in [2.24, 2.45) is 5.92 Å². The fourth-order valence-corrected chi connectivity index (χ4v) is 3.59. The number of oxazole rings is 1. The molecule has 1 atom stereocenters. The van der Waals surface area contributed by atoms with E-state index in [4.69, 9.17) is 4.42 Å². The summed E-state index contributed by atoms with van der Waals surface area (Å²) in [7, 11) is -1.61. The van der Waals surface area contributed by atoms with Gasteiger partial charge in [-0.1, -0.05) is 0 Å². The molecule has 1 unspecified atom stereocenters.